The molecule has 3 aliphatic rings. The van der Waals surface area contributed by atoms with Crippen molar-refractivity contribution in [3.63, 3.8) is 0 Å². The summed E-state index contributed by atoms with van der Waals surface area (Å²) in [5, 5.41) is 5.49. The van der Waals surface area contributed by atoms with E-state index < -0.39 is 17.4 Å². The second-order valence-corrected chi connectivity index (χ2v) is 6.06. The number of nitrogens with zero attached hydrogens (tertiary/aromatic N) is 1. The Bertz CT molecular complexity index is 604. The largest absolute Gasteiger partial charge is 0.334 e. The lowest BCUT2D eigenvalue weighted by Gasteiger charge is -2.69. The van der Waals surface area contributed by atoms with Crippen molar-refractivity contribution >= 4 is 11.7 Å². The zero-order chi connectivity index (χ0) is 15.1. The Morgan fingerprint density at radius 3 is 2.71 bits per heavy atom. The van der Waals surface area contributed by atoms with Crippen molar-refractivity contribution < 1.29 is 13.6 Å². The molecule has 0 radical (unpaired) electrons. The maximum Gasteiger partial charge on any atom is 0.315 e. The van der Waals surface area contributed by atoms with Gasteiger partial charge in [0, 0.05) is 17.5 Å². The van der Waals surface area contributed by atoms with Gasteiger partial charge < -0.3 is 10.6 Å². The first-order valence-electron chi connectivity index (χ1n) is 6.78. The monoisotopic (exact) mass is 291 g/mol. The number of nitrogens with one attached hydrogen (secondary N) is 2. The summed E-state index contributed by atoms with van der Waals surface area (Å²) in [4.78, 5) is 15.1. The minimum atomic E-state index is -2.29. The maximum atomic E-state index is 12.7. The molecular weight excluding hydrogens is 276 g/mol. The summed E-state index contributed by atoms with van der Waals surface area (Å²) in [5.41, 5.74) is 0.101. The lowest BCUT2D eigenvalue weighted by atomic mass is 9.39. The van der Waals surface area contributed by atoms with Gasteiger partial charge in [-0.05, 0) is 24.8 Å². The predicted molar refractivity (Wildman–Crippen MR) is 73.1 cm³/mol. The molecule has 3 saturated carbocycles. The van der Waals surface area contributed by atoms with Crippen LogP contribution >= 0.6 is 0 Å². The SMILES string of the molecule is [C-]#[N+]c1cccc(CNC(=O)NC23CC(C(F)F)(C2)C3)c1. The van der Waals surface area contributed by atoms with Gasteiger partial charge in [-0.2, -0.15) is 0 Å². The van der Waals surface area contributed by atoms with E-state index in [0.29, 0.717) is 31.5 Å². The highest BCUT2D eigenvalue weighted by Gasteiger charge is 2.72. The number of carbonyl (C=O) groups excluding carboxylic acids is 1. The van der Waals surface area contributed by atoms with Gasteiger partial charge in [0.1, 0.15) is 0 Å². The van der Waals surface area contributed by atoms with Crippen LogP contribution in [0.4, 0.5) is 19.3 Å². The Morgan fingerprint density at radius 1 is 1.38 bits per heavy atom. The fourth-order valence-electron chi connectivity index (χ4n) is 3.43. The minimum Gasteiger partial charge on any atom is -0.334 e. The van der Waals surface area contributed by atoms with Crippen LogP contribution in [0.5, 0.6) is 0 Å². The molecular formula is C15H15F2N3O. The Morgan fingerprint density at radius 2 is 2.10 bits per heavy atom. The molecule has 0 aliphatic heterocycles. The maximum absolute atomic E-state index is 12.7. The highest BCUT2D eigenvalue weighted by molar-refractivity contribution is 5.75. The van der Waals surface area contributed by atoms with Gasteiger partial charge in [-0.25, -0.2) is 18.4 Å². The van der Waals surface area contributed by atoms with Gasteiger partial charge in [0.25, 0.3) is 0 Å². The predicted octanol–water partition coefficient (Wildman–Crippen LogP) is 3.22. The molecule has 0 spiro atoms. The Kier molecular flexibility index (Phi) is 3.08. The van der Waals surface area contributed by atoms with Crippen molar-refractivity contribution in [2.45, 2.75) is 37.8 Å². The molecule has 3 fully saturated rings. The molecule has 2 N–H and O–H groups in total. The van der Waals surface area contributed by atoms with Gasteiger partial charge in [-0.1, -0.05) is 24.3 Å². The second kappa shape index (κ2) is 4.69. The van der Waals surface area contributed by atoms with Gasteiger partial charge in [-0.3, -0.25) is 0 Å². The number of alkyl halides is 2. The minimum absolute atomic E-state index is 0.311. The van der Waals surface area contributed by atoms with E-state index in [1.165, 1.54) is 0 Å². The molecule has 6 heteroatoms. The molecule has 2 amide bonds. The van der Waals surface area contributed by atoms with Crippen molar-refractivity contribution in [3.8, 4) is 0 Å². The molecule has 0 aromatic heterocycles. The first-order chi connectivity index (χ1) is 9.97. The first kappa shape index (κ1) is 13.8. The molecule has 0 saturated heterocycles. The number of halogens is 2. The smallest absolute Gasteiger partial charge is 0.315 e. The average molecular weight is 291 g/mol. The molecule has 0 atom stereocenters. The summed E-state index contributed by atoms with van der Waals surface area (Å²) in [6.45, 7) is 7.24. The Hall–Kier alpha value is -2.16. The van der Waals surface area contributed by atoms with Crippen LogP contribution in [0.25, 0.3) is 4.85 Å². The van der Waals surface area contributed by atoms with Crippen molar-refractivity contribution in [3.05, 3.63) is 41.2 Å². The molecule has 0 heterocycles. The molecule has 21 heavy (non-hydrogen) atoms. The van der Waals surface area contributed by atoms with E-state index in [1.54, 1.807) is 18.2 Å². The third-order valence-corrected chi connectivity index (χ3v) is 4.41. The van der Waals surface area contributed by atoms with Crippen molar-refractivity contribution in [2.75, 3.05) is 0 Å². The molecule has 2 bridgehead atoms. The topological polar surface area (TPSA) is 45.5 Å². The van der Waals surface area contributed by atoms with Crippen molar-refractivity contribution in [1.29, 1.82) is 0 Å². The quantitative estimate of drug-likeness (QED) is 0.822. The molecule has 0 unspecified atom stereocenters. The number of benzene rings is 1. The highest BCUT2D eigenvalue weighted by atomic mass is 19.3. The van der Waals surface area contributed by atoms with E-state index in [4.69, 9.17) is 6.57 Å². The zero-order valence-corrected chi connectivity index (χ0v) is 11.3. The highest BCUT2D eigenvalue weighted by Crippen LogP contribution is 2.69. The number of rotatable bonds is 4. The summed E-state index contributed by atoms with van der Waals surface area (Å²) in [6, 6.07) is 6.64. The van der Waals surface area contributed by atoms with Crippen LogP contribution in [0, 0.1) is 12.0 Å². The van der Waals surface area contributed by atoms with Gasteiger partial charge in [-0.15, -0.1) is 0 Å². The van der Waals surface area contributed by atoms with Crippen LogP contribution < -0.4 is 10.6 Å². The number of carbonyl (C=O) groups is 1. The number of amides is 2. The first-order valence-corrected chi connectivity index (χ1v) is 6.78. The second-order valence-electron chi connectivity index (χ2n) is 6.06. The third kappa shape index (κ3) is 2.33. The van der Waals surface area contributed by atoms with Crippen LogP contribution in [0.3, 0.4) is 0 Å². The number of urea groups is 1. The fourth-order valence-corrected chi connectivity index (χ4v) is 3.43. The molecule has 1 aromatic carbocycles. The molecule has 4 nitrogen and oxygen atoms in total. The van der Waals surface area contributed by atoms with E-state index in [2.05, 4.69) is 15.5 Å². The van der Waals surface area contributed by atoms with E-state index in [9.17, 15) is 13.6 Å². The Balaban J connectivity index is 1.47. The van der Waals surface area contributed by atoms with E-state index in [1.807, 2.05) is 6.07 Å². The van der Waals surface area contributed by atoms with Gasteiger partial charge >= 0.3 is 6.03 Å². The van der Waals surface area contributed by atoms with E-state index in [-0.39, 0.29) is 6.03 Å². The van der Waals surface area contributed by atoms with Crippen LogP contribution in [0.2, 0.25) is 0 Å². The van der Waals surface area contributed by atoms with Crippen molar-refractivity contribution in [1.82, 2.24) is 10.6 Å². The average Bonchev–Trinajstić information content (AvgIpc) is 2.38. The lowest BCUT2D eigenvalue weighted by molar-refractivity contribution is -0.223. The number of hydrogen-bond acceptors (Lipinski definition) is 1. The van der Waals surface area contributed by atoms with Gasteiger partial charge in [0.2, 0.25) is 6.43 Å². The van der Waals surface area contributed by atoms with Crippen LogP contribution in [0.1, 0.15) is 24.8 Å². The Labute approximate surface area is 121 Å². The van der Waals surface area contributed by atoms with E-state index >= 15 is 0 Å². The van der Waals surface area contributed by atoms with Crippen LogP contribution in [-0.4, -0.2) is 18.0 Å². The van der Waals surface area contributed by atoms with Gasteiger partial charge in [0.05, 0.1) is 6.57 Å². The van der Waals surface area contributed by atoms with E-state index in [0.717, 1.165) is 5.56 Å². The molecule has 110 valence electrons. The molecule has 4 rings (SSSR count). The van der Waals surface area contributed by atoms with Gasteiger partial charge in [0.15, 0.2) is 5.69 Å². The normalized spacial score (nSPS) is 29.0. The standard InChI is InChI=1S/C15H15F2N3O/c1-18-11-4-2-3-10(5-11)6-19-13(21)20-15-7-14(8-15,9-15)12(16)17/h2-5,12H,6-9H2,(H2,19,20,21). The molecule has 1 aromatic rings. The zero-order valence-electron chi connectivity index (χ0n) is 11.3. The fraction of sp³-hybridized carbons (Fsp3) is 0.467. The summed E-state index contributed by atoms with van der Waals surface area (Å²) in [7, 11) is 0. The number of hydrogen-bond donors (Lipinski definition) is 2. The third-order valence-electron chi connectivity index (χ3n) is 4.41. The molecule has 3 aliphatic carbocycles. The van der Waals surface area contributed by atoms with Crippen LogP contribution in [-0.2, 0) is 6.54 Å². The van der Waals surface area contributed by atoms with Crippen LogP contribution in [0.15, 0.2) is 24.3 Å². The summed E-state index contributed by atoms with van der Waals surface area (Å²) in [6.07, 6.45) is -1.17. The van der Waals surface area contributed by atoms with Crippen molar-refractivity contribution in [2.24, 2.45) is 5.41 Å². The summed E-state index contributed by atoms with van der Waals surface area (Å²) in [5.74, 6) is 0. The lowest BCUT2D eigenvalue weighted by Crippen LogP contribution is -2.77. The summed E-state index contributed by atoms with van der Waals surface area (Å²) >= 11 is 0. The summed E-state index contributed by atoms with van der Waals surface area (Å²) < 4.78 is 25.4.